The Kier molecular flexibility index (Phi) is 4.21. The van der Waals surface area contributed by atoms with Gasteiger partial charge in [-0.1, -0.05) is 0 Å². The number of alkyl halides is 6. The number of halogens is 7. The number of aromatic nitrogens is 1. The predicted molar refractivity (Wildman–Crippen MR) is 72.7 cm³/mol. The Hall–Kier alpha value is -1.91. The van der Waals surface area contributed by atoms with Gasteiger partial charge in [-0.15, -0.1) is 0 Å². The summed E-state index contributed by atoms with van der Waals surface area (Å²) >= 11 is 0. The zero-order chi connectivity index (χ0) is 19.5. The van der Waals surface area contributed by atoms with Gasteiger partial charge < -0.3 is 10.0 Å². The highest BCUT2D eigenvalue weighted by Gasteiger charge is 2.69. The minimum Gasteiger partial charge on any atom is -0.384 e. The average molecular weight is 386 g/mol. The SMILES string of the molecule is O=C(c1cc(F)cc(C(F)F)n1)N1CC(F)(F)[C@@H](O)[C@@]12CCC(F)(F)C2. The minimum atomic E-state index is -3.88. The second kappa shape index (κ2) is 5.80. The van der Waals surface area contributed by atoms with E-state index in [0.717, 1.165) is 0 Å². The van der Waals surface area contributed by atoms with Gasteiger partial charge in [0.15, 0.2) is 0 Å². The van der Waals surface area contributed by atoms with E-state index < -0.39 is 78.8 Å². The lowest BCUT2D eigenvalue weighted by molar-refractivity contribution is -0.102. The molecule has 1 amide bonds. The molecule has 1 saturated carbocycles. The number of nitrogens with zero attached hydrogens (tertiary/aromatic N) is 2. The van der Waals surface area contributed by atoms with Crippen LogP contribution in [0.15, 0.2) is 12.1 Å². The number of amides is 1. The Morgan fingerprint density at radius 1 is 1.23 bits per heavy atom. The van der Waals surface area contributed by atoms with Crippen LogP contribution in [0.5, 0.6) is 0 Å². The van der Waals surface area contributed by atoms with Gasteiger partial charge in [0.1, 0.15) is 23.3 Å². The van der Waals surface area contributed by atoms with Crippen molar-refractivity contribution in [2.75, 3.05) is 6.54 Å². The largest absolute Gasteiger partial charge is 0.384 e. The lowest BCUT2D eigenvalue weighted by Gasteiger charge is -2.36. The van der Waals surface area contributed by atoms with Gasteiger partial charge in [-0.25, -0.2) is 35.7 Å². The molecule has 3 rings (SSSR count). The quantitative estimate of drug-likeness (QED) is 0.795. The van der Waals surface area contributed by atoms with Gasteiger partial charge in [-0.3, -0.25) is 4.79 Å². The van der Waals surface area contributed by atoms with Gasteiger partial charge in [0.2, 0.25) is 0 Å². The van der Waals surface area contributed by atoms with E-state index in [1.165, 1.54) is 0 Å². The van der Waals surface area contributed by atoms with Gasteiger partial charge in [0.05, 0.1) is 12.1 Å². The van der Waals surface area contributed by atoms with Crippen LogP contribution in [-0.4, -0.2) is 50.9 Å². The molecule has 1 saturated heterocycles. The highest BCUT2D eigenvalue weighted by molar-refractivity contribution is 5.93. The number of pyridine rings is 1. The standard InChI is InChI=1S/C15H13F7N2O2/c16-7-3-8(10(17)18)23-9(4-7)11(25)24-6-15(21,22)12(26)13(24)1-2-14(19,20)5-13/h3-4,10,12,26H,1-2,5-6H2/t12-,13-/m0/s1. The topological polar surface area (TPSA) is 53.4 Å². The van der Waals surface area contributed by atoms with Crippen molar-refractivity contribution in [3.05, 3.63) is 29.3 Å². The molecule has 2 heterocycles. The monoisotopic (exact) mass is 386 g/mol. The van der Waals surface area contributed by atoms with Crippen molar-refractivity contribution in [2.24, 2.45) is 0 Å². The Labute approximate surface area is 142 Å². The molecule has 26 heavy (non-hydrogen) atoms. The molecule has 1 aliphatic carbocycles. The van der Waals surface area contributed by atoms with Crippen LogP contribution in [0, 0.1) is 5.82 Å². The molecule has 1 N–H and O–H groups in total. The number of hydrogen-bond donors (Lipinski definition) is 1. The maximum atomic E-state index is 14.0. The lowest BCUT2D eigenvalue weighted by atomic mass is 9.89. The molecule has 2 aliphatic rings. The van der Waals surface area contributed by atoms with Crippen LogP contribution in [0.25, 0.3) is 0 Å². The van der Waals surface area contributed by atoms with E-state index in [0.29, 0.717) is 17.0 Å². The first-order chi connectivity index (χ1) is 11.9. The average Bonchev–Trinajstić information content (AvgIpc) is 2.95. The number of aliphatic hydroxyl groups excluding tert-OH is 1. The van der Waals surface area contributed by atoms with Crippen LogP contribution in [0.3, 0.4) is 0 Å². The van der Waals surface area contributed by atoms with Crippen LogP contribution >= 0.6 is 0 Å². The molecule has 0 bridgehead atoms. The number of hydrogen-bond acceptors (Lipinski definition) is 3. The van der Waals surface area contributed by atoms with E-state index in [4.69, 9.17) is 0 Å². The van der Waals surface area contributed by atoms with E-state index in [2.05, 4.69) is 4.98 Å². The molecule has 2 atom stereocenters. The normalized spacial score (nSPS) is 29.7. The van der Waals surface area contributed by atoms with Crippen molar-refractivity contribution >= 4 is 5.91 Å². The van der Waals surface area contributed by atoms with Crippen LogP contribution in [0.1, 0.15) is 41.9 Å². The molecule has 0 unspecified atom stereocenters. The molecule has 4 nitrogen and oxygen atoms in total. The summed E-state index contributed by atoms with van der Waals surface area (Å²) in [6.45, 7) is -1.40. The van der Waals surface area contributed by atoms with Crippen LogP contribution in [0.2, 0.25) is 0 Å². The molecule has 0 aromatic carbocycles. The number of carbonyl (C=O) groups excluding carboxylic acids is 1. The van der Waals surface area contributed by atoms with Gasteiger partial charge in [-0.2, -0.15) is 0 Å². The van der Waals surface area contributed by atoms with E-state index in [1.54, 1.807) is 0 Å². The lowest BCUT2D eigenvalue weighted by Crippen LogP contribution is -2.53. The Balaban J connectivity index is 2.03. The Morgan fingerprint density at radius 2 is 1.88 bits per heavy atom. The zero-order valence-electron chi connectivity index (χ0n) is 13.0. The summed E-state index contributed by atoms with van der Waals surface area (Å²) < 4.78 is 94.3. The summed E-state index contributed by atoms with van der Waals surface area (Å²) in [5.41, 5.74) is -4.28. The fourth-order valence-corrected chi connectivity index (χ4v) is 3.63. The molecule has 144 valence electrons. The fourth-order valence-electron chi connectivity index (χ4n) is 3.63. The van der Waals surface area contributed by atoms with Crippen molar-refractivity contribution in [3.8, 4) is 0 Å². The highest BCUT2D eigenvalue weighted by atomic mass is 19.3. The minimum absolute atomic E-state index is 0.315. The van der Waals surface area contributed by atoms with E-state index in [-0.39, 0.29) is 0 Å². The zero-order valence-corrected chi connectivity index (χ0v) is 13.0. The third-order valence-electron chi connectivity index (χ3n) is 4.80. The third-order valence-corrected chi connectivity index (χ3v) is 4.80. The third kappa shape index (κ3) is 2.91. The van der Waals surface area contributed by atoms with Crippen molar-refractivity contribution in [3.63, 3.8) is 0 Å². The molecule has 0 radical (unpaired) electrons. The molecule has 2 fully saturated rings. The Morgan fingerprint density at radius 3 is 2.42 bits per heavy atom. The predicted octanol–water partition coefficient (Wildman–Crippen LogP) is 3.17. The van der Waals surface area contributed by atoms with Gasteiger partial charge in [0.25, 0.3) is 24.2 Å². The molecule has 1 aromatic heterocycles. The first-order valence-electron chi connectivity index (χ1n) is 7.59. The molecule has 1 aromatic rings. The van der Waals surface area contributed by atoms with Crippen molar-refractivity contribution in [2.45, 2.75) is 49.2 Å². The van der Waals surface area contributed by atoms with Crippen molar-refractivity contribution in [1.29, 1.82) is 0 Å². The molecule has 1 aliphatic heterocycles. The summed E-state index contributed by atoms with van der Waals surface area (Å²) in [5.74, 6) is -9.94. The first-order valence-corrected chi connectivity index (χ1v) is 7.59. The maximum absolute atomic E-state index is 14.0. The highest BCUT2D eigenvalue weighted by Crippen LogP contribution is 2.54. The summed E-state index contributed by atoms with van der Waals surface area (Å²) in [7, 11) is 0. The maximum Gasteiger partial charge on any atom is 0.292 e. The number of carbonyl (C=O) groups is 1. The van der Waals surface area contributed by atoms with Gasteiger partial charge in [0, 0.05) is 25.0 Å². The summed E-state index contributed by atoms with van der Waals surface area (Å²) in [4.78, 5) is 16.1. The number of likely N-dealkylation sites (tertiary alicyclic amines) is 1. The molecule has 1 spiro atoms. The summed E-state index contributed by atoms with van der Waals surface area (Å²) in [6, 6.07) is 0.826. The van der Waals surface area contributed by atoms with E-state index in [1.807, 2.05) is 0 Å². The molecular weight excluding hydrogens is 373 g/mol. The van der Waals surface area contributed by atoms with Gasteiger partial charge >= 0.3 is 0 Å². The first kappa shape index (κ1) is 18.9. The number of aliphatic hydroxyl groups is 1. The fraction of sp³-hybridized carbons (Fsp3) is 0.600. The van der Waals surface area contributed by atoms with Crippen LogP contribution in [0.4, 0.5) is 30.7 Å². The molecular formula is C15H13F7N2O2. The number of rotatable bonds is 2. The van der Waals surface area contributed by atoms with Gasteiger partial charge in [-0.05, 0) is 6.42 Å². The smallest absolute Gasteiger partial charge is 0.292 e. The van der Waals surface area contributed by atoms with E-state index in [9.17, 15) is 40.6 Å². The van der Waals surface area contributed by atoms with Crippen LogP contribution in [-0.2, 0) is 0 Å². The summed E-state index contributed by atoms with van der Waals surface area (Å²) in [6.07, 6.45) is -8.44. The Bertz CT molecular complexity index is 743. The van der Waals surface area contributed by atoms with E-state index >= 15 is 0 Å². The second-order valence-corrected chi connectivity index (χ2v) is 6.59. The second-order valence-electron chi connectivity index (χ2n) is 6.59. The van der Waals surface area contributed by atoms with Crippen LogP contribution < -0.4 is 0 Å². The van der Waals surface area contributed by atoms with Crippen molar-refractivity contribution in [1.82, 2.24) is 9.88 Å². The molecule has 11 heteroatoms. The van der Waals surface area contributed by atoms with Crippen molar-refractivity contribution < 1.29 is 40.6 Å². The summed E-state index contributed by atoms with van der Waals surface area (Å²) in [5, 5.41) is 9.91.